The molecule has 0 bridgehead atoms. The zero-order valence-electron chi connectivity index (χ0n) is 12.2. The second-order valence-corrected chi connectivity index (χ2v) is 5.28. The lowest BCUT2D eigenvalue weighted by Gasteiger charge is -2.12. The predicted octanol–water partition coefficient (Wildman–Crippen LogP) is 4.61. The molecule has 0 aliphatic rings. The van der Waals surface area contributed by atoms with Gasteiger partial charge in [0.1, 0.15) is 0 Å². The van der Waals surface area contributed by atoms with E-state index in [-0.39, 0.29) is 5.91 Å². The van der Waals surface area contributed by atoms with E-state index in [1.54, 1.807) is 12.1 Å². The molecule has 2 N–H and O–H groups in total. The maximum Gasteiger partial charge on any atom is 0.224 e. The third-order valence-electron chi connectivity index (χ3n) is 3.30. The molecule has 0 saturated carbocycles. The van der Waals surface area contributed by atoms with Crippen LogP contribution in [0.5, 0.6) is 0 Å². The van der Waals surface area contributed by atoms with Crippen molar-refractivity contribution >= 4 is 28.9 Å². The molecule has 0 unspecified atom stereocenters. The minimum Gasteiger partial charge on any atom is -0.380 e. The summed E-state index contributed by atoms with van der Waals surface area (Å²) in [5.41, 5.74) is 4.01. The van der Waals surface area contributed by atoms with Gasteiger partial charge in [0.05, 0.1) is 10.7 Å². The highest BCUT2D eigenvalue weighted by atomic mass is 35.5. The summed E-state index contributed by atoms with van der Waals surface area (Å²) >= 11 is 6.20. The minimum atomic E-state index is -0.0119. The number of aryl methyl sites for hydroxylation is 1. The molecule has 0 spiro atoms. The van der Waals surface area contributed by atoms with E-state index in [1.807, 2.05) is 25.1 Å². The van der Waals surface area contributed by atoms with Crippen LogP contribution >= 0.6 is 11.6 Å². The molecular formula is C17H19ClN2O. The minimum absolute atomic E-state index is 0.0119. The van der Waals surface area contributed by atoms with Crippen molar-refractivity contribution in [2.45, 2.75) is 26.8 Å². The third kappa shape index (κ3) is 4.23. The van der Waals surface area contributed by atoms with Crippen molar-refractivity contribution in [1.29, 1.82) is 0 Å². The van der Waals surface area contributed by atoms with E-state index in [4.69, 9.17) is 11.6 Å². The van der Waals surface area contributed by atoms with Gasteiger partial charge in [0, 0.05) is 18.7 Å². The smallest absolute Gasteiger partial charge is 0.224 e. The molecular weight excluding hydrogens is 284 g/mol. The van der Waals surface area contributed by atoms with E-state index < -0.39 is 0 Å². The Kier molecular flexibility index (Phi) is 5.23. The average molecular weight is 303 g/mol. The maximum atomic E-state index is 11.4. The number of hydrogen-bond acceptors (Lipinski definition) is 2. The monoisotopic (exact) mass is 302 g/mol. The van der Waals surface area contributed by atoms with Crippen molar-refractivity contribution in [3.05, 3.63) is 58.6 Å². The van der Waals surface area contributed by atoms with Crippen LogP contribution in [-0.2, 0) is 11.3 Å². The fourth-order valence-electron chi connectivity index (χ4n) is 1.99. The van der Waals surface area contributed by atoms with Gasteiger partial charge in [-0.25, -0.2) is 0 Å². The highest BCUT2D eigenvalue weighted by molar-refractivity contribution is 6.33. The lowest BCUT2D eigenvalue weighted by atomic mass is 10.1. The molecule has 1 amide bonds. The van der Waals surface area contributed by atoms with Crippen molar-refractivity contribution < 1.29 is 4.79 Å². The molecule has 21 heavy (non-hydrogen) atoms. The van der Waals surface area contributed by atoms with Gasteiger partial charge >= 0.3 is 0 Å². The zero-order valence-corrected chi connectivity index (χ0v) is 13.0. The van der Waals surface area contributed by atoms with Crippen LogP contribution in [0.15, 0.2) is 42.5 Å². The van der Waals surface area contributed by atoms with Gasteiger partial charge in [-0.2, -0.15) is 0 Å². The number of carbonyl (C=O) groups excluding carboxylic acids is 1. The Morgan fingerprint density at radius 3 is 2.67 bits per heavy atom. The predicted molar refractivity (Wildman–Crippen MR) is 88.9 cm³/mol. The number of halogens is 1. The first-order valence-electron chi connectivity index (χ1n) is 6.98. The highest BCUT2D eigenvalue weighted by Crippen LogP contribution is 2.26. The first-order valence-corrected chi connectivity index (χ1v) is 7.35. The first-order chi connectivity index (χ1) is 10.1. The molecule has 0 fully saturated rings. The van der Waals surface area contributed by atoms with Gasteiger partial charge in [0.25, 0.3) is 0 Å². The summed E-state index contributed by atoms with van der Waals surface area (Å²) in [6, 6.07) is 13.6. The second-order valence-electron chi connectivity index (χ2n) is 4.88. The van der Waals surface area contributed by atoms with Gasteiger partial charge in [-0.3, -0.25) is 4.79 Å². The maximum absolute atomic E-state index is 11.4. The molecule has 0 aromatic heterocycles. The van der Waals surface area contributed by atoms with Crippen LogP contribution < -0.4 is 10.6 Å². The zero-order chi connectivity index (χ0) is 15.2. The molecule has 2 aromatic rings. The summed E-state index contributed by atoms with van der Waals surface area (Å²) in [7, 11) is 0. The van der Waals surface area contributed by atoms with E-state index in [0.717, 1.165) is 11.4 Å². The molecule has 2 rings (SSSR count). The third-order valence-corrected chi connectivity index (χ3v) is 3.63. The first kappa shape index (κ1) is 15.4. The molecule has 3 nitrogen and oxygen atoms in total. The molecule has 0 heterocycles. The summed E-state index contributed by atoms with van der Waals surface area (Å²) in [5, 5.41) is 6.79. The molecule has 0 aliphatic carbocycles. The normalized spacial score (nSPS) is 10.2. The fraction of sp³-hybridized carbons (Fsp3) is 0.235. The molecule has 2 aromatic carbocycles. The van der Waals surface area contributed by atoms with Crippen LogP contribution in [0.2, 0.25) is 5.02 Å². The van der Waals surface area contributed by atoms with E-state index >= 15 is 0 Å². The molecule has 0 radical (unpaired) electrons. The van der Waals surface area contributed by atoms with Crippen LogP contribution in [0.25, 0.3) is 0 Å². The quantitative estimate of drug-likeness (QED) is 0.847. The summed E-state index contributed by atoms with van der Waals surface area (Å²) in [6.45, 7) is 4.59. The Balaban J connectivity index is 2.10. The van der Waals surface area contributed by atoms with E-state index in [1.165, 1.54) is 11.1 Å². The Morgan fingerprint density at radius 1 is 1.19 bits per heavy atom. The number of anilines is 2. The van der Waals surface area contributed by atoms with Gasteiger partial charge in [0.15, 0.2) is 0 Å². The number of amides is 1. The van der Waals surface area contributed by atoms with Crippen LogP contribution in [0.4, 0.5) is 11.4 Å². The summed E-state index contributed by atoms with van der Waals surface area (Å²) in [4.78, 5) is 11.4. The van der Waals surface area contributed by atoms with Crippen LogP contribution in [0.3, 0.4) is 0 Å². The van der Waals surface area contributed by atoms with Gasteiger partial charge in [-0.05, 0) is 36.2 Å². The van der Waals surface area contributed by atoms with Crippen LogP contribution in [-0.4, -0.2) is 5.91 Å². The van der Waals surface area contributed by atoms with Crippen molar-refractivity contribution in [3.8, 4) is 0 Å². The number of benzene rings is 2. The second kappa shape index (κ2) is 7.14. The Labute approximate surface area is 130 Å². The Hall–Kier alpha value is -2.00. The molecule has 0 atom stereocenters. The SMILES string of the molecule is CCC(=O)Nc1ccc(Cl)c(NCc2ccccc2C)c1. The van der Waals surface area contributed by atoms with Crippen LogP contribution in [0, 0.1) is 6.92 Å². The standard InChI is InChI=1S/C17H19ClN2O/c1-3-17(21)20-14-8-9-15(18)16(10-14)19-11-13-7-5-4-6-12(13)2/h4-10,19H,3,11H2,1-2H3,(H,20,21). The highest BCUT2D eigenvalue weighted by Gasteiger charge is 2.05. The largest absolute Gasteiger partial charge is 0.380 e. The van der Waals surface area contributed by atoms with Gasteiger partial charge in [-0.15, -0.1) is 0 Å². The summed E-state index contributed by atoms with van der Waals surface area (Å²) < 4.78 is 0. The number of rotatable bonds is 5. The van der Waals surface area contributed by atoms with Crippen molar-refractivity contribution in [2.75, 3.05) is 10.6 Å². The van der Waals surface area contributed by atoms with Crippen molar-refractivity contribution in [1.82, 2.24) is 0 Å². The van der Waals surface area contributed by atoms with Gasteiger partial charge < -0.3 is 10.6 Å². The Morgan fingerprint density at radius 2 is 1.95 bits per heavy atom. The van der Waals surface area contributed by atoms with E-state index in [9.17, 15) is 4.79 Å². The van der Waals surface area contributed by atoms with E-state index in [0.29, 0.717) is 18.0 Å². The van der Waals surface area contributed by atoms with Crippen molar-refractivity contribution in [2.24, 2.45) is 0 Å². The average Bonchev–Trinajstić information content (AvgIpc) is 2.49. The van der Waals surface area contributed by atoms with Gasteiger partial charge in [0.2, 0.25) is 5.91 Å². The molecule has 0 saturated heterocycles. The Bertz CT molecular complexity index is 640. The summed E-state index contributed by atoms with van der Waals surface area (Å²) in [6.07, 6.45) is 0.453. The lowest BCUT2D eigenvalue weighted by Crippen LogP contribution is -2.10. The lowest BCUT2D eigenvalue weighted by molar-refractivity contribution is -0.115. The molecule has 4 heteroatoms. The molecule has 0 aliphatic heterocycles. The molecule has 110 valence electrons. The topological polar surface area (TPSA) is 41.1 Å². The number of nitrogens with one attached hydrogen (secondary N) is 2. The fourth-order valence-corrected chi connectivity index (χ4v) is 2.17. The number of carbonyl (C=O) groups is 1. The van der Waals surface area contributed by atoms with E-state index in [2.05, 4.69) is 29.7 Å². The van der Waals surface area contributed by atoms with Crippen LogP contribution in [0.1, 0.15) is 24.5 Å². The number of hydrogen-bond donors (Lipinski definition) is 2. The van der Waals surface area contributed by atoms with Gasteiger partial charge in [-0.1, -0.05) is 42.8 Å². The summed E-state index contributed by atoms with van der Waals surface area (Å²) in [5.74, 6) is -0.0119. The van der Waals surface area contributed by atoms with Crippen molar-refractivity contribution in [3.63, 3.8) is 0 Å².